The lowest BCUT2D eigenvalue weighted by molar-refractivity contribution is -0.126. The molecule has 1 amide bonds. The molecule has 1 aromatic heterocycles. The number of ether oxygens (including phenoxy) is 1. The summed E-state index contributed by atoms with van der Waals surface area (Å²) in [4.78, 5) is 26.7. The first-order chi connectivity index (χ1) is 15.4. The van der Waals surface area contributed by atoms with Crippen LogP contribution in [0, 0.1) is 0 Å². The number of carbonyl (C=O) groups is 2. The maximum absolute atomic E-state index is 12.7. The molecule has 3 aromatic rings. The highest BCUT2D eigenvalue weighted by molar-refractivity contribution is 6.03. The maximum Gasteiger partial charge on any atom is 0.246 e. The van der Waals surface area contributed by atoms with E-state index >= 15 is 0 Å². The van der Waals surface area contributed by atoms with E-state index in [9.17, 15) is 9.59 Å². The highest BCUT2D eigenvalue weighted by Gasteiger charge is 2.20. The van der Waals surface area contributed by atoms with E-state index in [2.05, 4.69) is 0 Å². The van der Waals surface area contributed by atoms with E-state index in [1.165, 1.54) is 13.3 Å². The zero-order chi connectivity index (χ0) is 22.7. The van der Waals surface area contributed by atoms with Gasteiger partial charge in [-0.1, -0.05) is 36.4 Å². The van der Waals surface area contributed by atoms with Gasteiger partial charge < -0.3 is 14.1 Å². The van der Waals surface area contributed by atoms with Crippen molar-refractivity contribution in [2.45, 2.75) is 46.1 Å². The Balaban J connectivity index is 1.69. The number of likely N-dealkylation sites (tertiary alicyclic amines) is 1. The third-order valence-corrected chi connectivity index (χ3v) is 6.00. The zero-order valence-electron chi connectivity index (χ0n) is 18.9. The summed E-state index contributed by atoms with van der Waals surface area (Å²) in [6.45, 7) is 6.99. The Kier molecular flexibility index (Phi) is 6.45. The Morgan fingerprint density at radius 1 is 1.03 bits per heavy atom. The van der Waals surface area contributed by atoms with Crippen molar-refractivity contribution in [1.29, 1.82) is 0 Å². The summed E-state index contributed by atoms with van der Waals surface area (Å²) in [6, 6.07) is 15.5. The van der Waals surface area contributed by atoms with Gasteiger partial charge in [0.25, 0.3) is 0 Å². The third-order valence-electron chi connectivity index (χ3n) is 6.00. The Morgan fingerprint density at radius 3 is 2.44 bits per heavy atom. The lowest BCUT2D eigenvalue weighted by atomic mass is 10.0. The van der Waals surface area contributed by atoms with Gasteiger partial charge in [-0.15, -0.1) is 0 Å². The normalized spacial score (nSPS) is 15.6. The summed E-state index contributed by atoms with van der Waals surface area (Å²) in [5.74, 6) is 0.728. The summed E-state index contributed by atoms with van der Waals surface area (Å²) >= 11 is 0. The van der Waals surface area contributed by atoms with Gasteiger partial charge in [0.1, 0.15) is 6.10 Å². The van der Waals surface area contributed by atoms with E-state index in [0.29, 0.717) is 11.3 Å². The van der Waals surface area contributed by atoms with Gasteiger partial charge in [-0.25, -0.2) is 0 Å². The van der Waals surface area contributed by atoms with E-state index in [1.54, 1.807) is 12.1 Å². The fourth-order valence-corrected chi connectivity index (χ4v) is 4.16. The van der Waals surface area contributed by atoms with Crippen molar-refractivity contribution in [3.8, 4) is 5.75 Å². The van der Waals surface area contributed by atoms with Crippen LogP contribution in [-0.4, -0.2) is 29.7 Å². The van der Waals surface area contributed by atoms with Gasteiger partial charge in [0, 0.05) is 31.5 Å². The predicted molar refractivity (Wildman–Crippen MR) is 126 cm³/mol. The highest BCUT2D eigenvalue weighted by atomic mass is 16.5. The number of amides is 1. The van der Waals surface area contributed by atoms with Crippen LogP contribution in [0.2, 0.25) is 0 Å². The van der Waals surface area contributed by atoms with Crippen molar-refractivity contribution in [2.24, 2.45) is 0 Å². The van der Waals surface area contributed by atoms with Crippen LogP contribution in [0.4, 0.5) is 0 Å². The summed E-state index contributed by atoms with van der Waals surface area (Å²) < 4.78 is 12.1. The number of hydrogen-bond donors (Lipinski definition) is 0. The minimum absolute atomic E-state index is 0.0312. The number of furan rings is 1. The first-order valence-corrected chi connectivity index (χ1v) is 11.2. The average Bonchev–Trinajstić information content (AvgIpc) is 3.26. The molecule has 1 fully saturated rings. The molecule has 1 aliphatic rings. The van der Waals surface area contributed by atoms with Crippen molar-refractivity contribution in [2.75, 3.05) is 13.1 Å². The molecule has 1 unspecified atom stereocenters. The topological polar surface area (TPSA) is 59.8 Å². The molecule has 0 spiro atoms. The van der Waals surface area contributed by atoms with Crippen molar-refractivity contribution in [3.63, 3.8) is 0 Å². The number of carbonyl (C=O) groups excluding carboxylic acids is 2. The van der Waals surface area contributed by atoms with E-state index in [0.717, 1.165) is 48.0 Å². The number of ketones is 1. The van der Waals surface area contributed by atoms with Crippen molar-refractivity contribution in [1.82, 2.24) is 4.90 Å². The molecule has 0 saturated carbocycles. The lowest BCUT2D eigenvalue weighted by Crippen LogP contribution is -2.34. The molecule has 0 aliphatic carbocycles. The van der Waals surface area contributed by atoms with Gasteiger partial charge in [0.05, 0.1) is 0 Å². The minimum atomic E-state index is -0.187. The summed E-state index contributed by atoms with van der Waals surface area (Å²) in [5.41, 5.74) is 3.27. The smallest absolute Gasteiger partial charge is 0.246 e. The standard InChI is InChI=1S/C27H29NO4/c1-18(16-26(30)28-14-8-5-9-15-28)22-12-13-24(27-23(22)17-25(32-27)19(2)29)31-20(3)21-10-6-4-7-11-21/h4,6-7,10-13,16-17,20H,5,8-9,14-15H2,1-3H3/b18-16+. The van der Waals surface area contributed by atoms with Crippen LogP contribution in [0.1, 0.15) is 67.8 Å². The molecule has 1 atom stereocenters. The first-order valence-electron chi connectivity index (χ1n) is 11.2. The summed E-state index contributed by atoms with van der Waals surface area (Å²) in [6.07, 6.45) is 4.79. The molecule has 2 heterocycles. The molecule has 4 rings (SSSR count). The van der Waals surface area contributed by atoms with E-state index in [4.69, 9.17) is 9.15 Å². The fourth-order valence-electron chi connectivity index (χ4n) is 4.16. The summed E-state index contributed by atoms with van der Waals surface area (Å²) in [7, 11) is 0. The number of allylic oxidation sites excluding steroid dienone is 1. The molecule has 1 aliphatic heterocycles. The molecular formula is C27H29NO4. The number of piperidine rings is 1. The third kappa shape index (κ3) is 4.62. The molecule has 0 radical (unpaired) electrons. The van der Waals surface area contributed by atoms with Crippen LogP contribution in [0.25, 0.3) is 16.5 Å². The van der Waals surface area contributed by atoms with Crippen LogP contribution in [0.5, 0.6) is 5.75 Å². The molecular weight excluding hydrogens is 402 g/mol. The van der Waals surface area contributed by atoms with Crippen molar-refractivity contribution in [3.05, 3.63) is 71.5 Å². The van der Waals surface area contributed by atoms with Gasteiger partial charge in [-0.05, 0) is 61.9 Å². The Labute approximate surface area is 188 Å². The molecule has 5 nitrogen and oxygen atoms in total. The quantitative estimate of drug-likeness (QED) is 0.345. The van der Waals surface area contributed by atoms with Crippen LogP contribution in [0.15, 0.2) is 59.0 Å². The van der Waals surface area contributed by atoms with Gasteiger partial charge in [-0.2, -0.15) is 0 Å². The number of hydrogen-bond acceptors (Lipinski definition) is 4. The molecule has 166 valence electrons. The minimum Gasteiger partial charge on any atom is -0.482 e. The molecule has 5 heteroatoms. The second-order valence-electron chi connectivity index (χ2n) is 8.40. The number of nitrogens with zero attached hydrogens (tertiary/aromatic N) is 1. The molecule has 0 bridgehead atoms. The van der Waals surface area contributed by atoms with Crippen LogP contribution in [-0.2, 0) is 4.79 Å². The molecule has 2 aromatic carbocycles. The van der Waals surface area contributed by atoms with Gasteiger partial charge in [0.2, 0.25) is 5.91 Å². The number of fused-ring (bicyclic) bond motifs is 1. The largest absolute Gasteiger partial charge is 0.482 e. The van der Waals surface area contributed by atoms with Crippen molar-refractivity contribution < 1.29 is 18.7 Å². The highest BCUT2D eigenvalue weighted by Crippen LogP contribution is 2.37. The number of Topliss-reactive ketones (excluding diaryl/α,β-unsaturated/α-hetero) is 1. The Bertz CT molecular complexity index is 1150. The lowest BCUT2D eigenvalue weighted by Gasteiger charge is -2.25. The Hall–Kier alpha value is -3.34. The predicted octanol–water partition coefficient (Wildman–Crippen LogP) is 6.19. The van der Waals surface area contributed by atoms with Crippen LogP contribution < -0.4 is 4.74 Å². The summed E-state index contributed by atoms with van der Waals surface area (Å²) in [5, 5.41) is 0.771. The maximum atomic E-state index is 12.7. The molecule has 1 saturated heterocycles. The van der Waals surface area contributed by atoms with E-state index in [-0.39, 0.29) is 23.6 Å². The van der Waals surface area contributed by atoms with Crippen LogP contribution in [0.3, 0.4) is 0 Å². The number of rotatable bonds is 6. The van der Waals surface area contributed by atoms with E-state index in [1.807, 2.05) is 61.2 Å². The zero-order valence-corrected chi connectivity index (χ0v) is 18.9. The first kappa shape index (κ1) is 21.9. The second kappa shape index (κ2) is 9.43. The second-order valence-corrected chi connectivity index (χ2v) is 8.40. The monoisotopic (exact) mass is 431 g/mol. The SMILES string of the molecule is CC(=O)c1cc2c(/C(C)=C/C(=O)N3CCCCC3)ccc(OC(C)c3ccccc3)c2o1. The van der Waals surface area contributed by atoms with Gasteiger partial charge in [0.15, 0.2) is 22.9 Å². The number of benzene rings is 2. The average molecular weight is 432 g/mol. The van der Waals surface area contributed by atoms with Gasteiger partial charge in [-0.3, -0.25) is 9.59 Å². The van der Waals surface area contributed by atoms with Gasteiger partial charge >= 0.3 is 0 Å². The van der Waals surface area contributed by atoms with E-state index < -0.39 is 0 Å². The Morgan fingerprint density at radius 2 is 1.75 bits per heavy atom. The molecule has 0 N–H and O–H groups in total. The molecule has 32 heavy (non-hydrogen) atoms. The van der Waals surface area contributed by atoms with Crippen molar-refractivity contribution >= 4 is 28.2 Å². The van der Waals surface area contributed by atoms with Crippen LogP contribution >= 0.6 is 0 Å². The fraction of sp³-hybridized carbons (Fsp3) is 0.333.